The maximum atomic E-state index is 9.40. The minimum atomic E-state index is 0.308. The average Bonchev–Trinajstić information content (AvgIpc) is 2.65. The van der Waals surface area contributed by atoms with Gasteiger partial charge in [0, 0.05) is 0 Å². The van der Waals surface area contributed by atoms with E-state index in [0.717, 1.165) is 24.3 Å². The molecule has 0 aliphatic rings. The van der Waals surface area contributed by atoms with E-state index in [9.17, 15) is 5.11 Å². The Labute approximate surface area is 168 Å². The van der Waals surface area contributed by atoms with Gasteiger partial charge in [0.25, 0.3) is 0 Å². The Hall–Kier alpha value is -1.18. The molecule has 0 aliphatic carbocycles. The number of unbranched alkanes of at least 4 members (excludes halogenated alkanes) is 15. The summed E-state index contributed by atoms with van der Waals surface area (Å²) in [6.07, 6.45) is 22.2. The lowest BCUT2D eigenvalue weighted by Gasteiger charge is -2.09. The van der Waals surface area contributed by atoms with E-state index in [0.29, 0.717) is 5.75 Å². The summed E-state index contributed by atoms with van der Waals surface area (Å²) in [5.41, 5.74) is 1.01. The molecule has 0 aliphatic heterocycles. The van der Waals surface area contributed by atoms with Crippen molar-refractivity contribution < 1.29 is 9.84 Å². The van der Waals surface area contributed by atoms with Gasteiger partial charge in [-0.1, -0.05) is 103 Å². The van der Waals surface area contributed by atoms with E-state index in [1.165, 1.54) is 96.3 Å². The molecular weight excluding hydrogens is 332 g/mol. The second-order valence-corrected chi connectivity index (χ2v) is 8.10. The number of hydrogen-bond donors (Lipinski definition) is 1. The van der Waals surface area contributed by atoms with E-state index in [4.69, 9.17) is 4.74 Å². The molecule has 1 N–H and O–H groups in total. The summed E-state index contributed by atoms with van der Waals surface area (Å²) in [6, 6.07) is 5.30. The number of ether oxygens (including phenoxy) is 1. The Bertz CT molecular complexity index is 456. The Balaban J connectivity index is 1.78. The Morgan fingerprint density at radius 3 is 1.56 bits per heavy atom. The number of phenolic OH excluding ortho intramolecular Hbond substituents is 1. The van der Waals surface area contributed by atoms with Gasteiger partial charge < -0.3 is 9.84 Å². The Morgan fingerprint density at radius 1 is 0.667 bits per heavy atom. The third kappa shape index (κ3) is 13.6. The van der Waals surface area contributed by atoms with Crippen LogP contribution in [0.5, 0.6) is 11.5 Å². The highest BCUT2D eigenvalue weighted by atomic mass is 16.5. The van der Waals surface area contributed by atoms with Gasteiger partial charge in [-0.15, -0.1) is 0 Å². The summed E-state index contributed by atoms with van der Waals surface area (Å²) < 4.78 is 5.80. The van der Waals surface area contributed by atoms with Gasteiger partial charge in [-0.2, -0.15) is 0 Å². The molecule has 2 heteroatoms. The summed E-state index contributed by atoms with van der Waals surface area (Å²) in [7, 11) is 0. The second kappa shape index (κ2) is 17.0. The predicted octanol–water partition coefficient (Wildman–Crippen LogP) is 8.34. The number of aromatic hydroxyl groups is 1. The van der Waals surface area contributed by atoms with Gasteiger partial charge in [0.05, 0.1) is 6.61 Å². The third-order valence-electron chi connectivity index (χ3n) is 5.41. The van der Waals surface area contributed by atoms with E-state index in [-0.39, 0.29) is 0 Å². The molecule has 1 aromatic carbocycles. The van der Waals surface area contributed by atoms with Crippen LogP contribution < -0.4 is 4.74 Å². The molecule has 2 nitrogen and oxygen atoms in total. The Morgan fingerprint density at radius 2 is 1.11 bits per heavy atom. The number of aryl methyl sites for hydroxylation is 1. The number of hydrogen-bond acceptors (Lipinski definition) is 2. The van der Waals surface area contributed by atoms with E-state index in [2.05, 4.69) is 6.92 Å². The number of benzene rings is 1. The third-order valence-corrected chi connectivity index (χ3v) is 5.41. The van der Waals surface area contributed by atoms with Crippen LogP contribution in [0, 0.1) is 6.92 Å². The zero-order chi connectivity index (χ0) is 19.6. The van der Waals surface area contributed by atoms with Crippen LogP contribution in [0.3, 0.4) is 0 Å². The van der Waals surface area contributed by atoms with Gasteiger partial charge in [0.15, 0.2) is 0 Å². The van der Waals surface area contributed by atoms with E-state index >= 15 is 0 Å². The summed E-state index contributed by atoms with van der Waals surface area (Å²) in [4.78, 5) is 0. The molecule has 0 unspecified atom stereocenters. The van der Waals surface area contributed by atoms with E-state index < -0.39 is 0 Å². The summed E-state index contributed by atoms with van der Waals surface area (Å²) in [6.45, 7) is 5.04. The van der Waals surface area contributed by atoms with Gasteiger partial charge in [0.2, 0.25) is 0 Å². The molecule has 0 aromatic heterocycles. The van der Waals surface area contributed by atoms with E-state index in [1.807, 2.05) is 13.0 Å². The highest BCUT2D eigenvalue weighted by Crippen LogP contribution is 2.22. The lowest BCUT2D eigenvalue weighted by atomic mass is 10.0. The molecule has 0 atom stereocenters. The van der Waals surface area contributed by atoms with Crippen LogP contribution >= 0.6 is 0 Å². The molecule has 156 valence electrons. The first kappa shape index (κ1) is 23.9. The molecule has 0 heterocycles. The molecule has 0 bridgehead atoms. The number of phenols is 1. The molecule has 0 spiro atoms. The lowest BCUT2D eigenvalue weighted by molar-refractivity contribution is 0.302. The van der Waals surface area contributed by atoms with Crippen molar-refractivity contribution in [3.63, 3.8) is 0 Å². The monoisotopic (exact) mass is 376 g/mol. The summed E-state index contributed by atoms with van der Waals surface area (Å²) in [5.74, 6) is 1.20. The largest absolute Gasteiger partial charge is 0.508 e. The fourth-order valence-electron chi connectivity index (χ4n) is 3.63. The fourth-order valence-corrected chi connectivity index (χ4v) is 3.63. The molecule has 0 fully saturated rings. The smallest absolute Gasteiger partial charge is 0.122 e. The highest BCUT2D eigenvalue weighted by Gasteiger charge is 2.00. The van der Waals surface area contributed by atoms with Gasteiger partial charge in [0.1, 0.15) is 11.5 Å². The van der Waals surface area contributed by atoms with Crippen LogP contribution in [0.2, 0.25) is 0 Å². The van der Waals surface area contributed by atoms with Gasteiger partial charge >= 0.3 is 0 Å². The predicted molar refractivity (Wildman–Crippen MR) is 118 cm³/mol. The van der Waals surface area contributed by atoms with Crippen molar-refractivity contribution in [3.8, 4) is 11.5 Å². The molecule has 27 heavy (non-hydrogen) atoms. The topological polar surface area (TPSA) is 29.5 Å². The summed E-state index contributed by atoms with van der Waals surface area (Å²) in [5, 5.41) is 9.40. The van der Waals surface area contributed by atoms with Crippen molar-refractivity contribution in [3.05, 3.63) is 23.8 Å². The minimum Gasteiger partial charge on any atom is -0.508 e. The zero-order valence-corrected chi connectivity index (χ0v) is 18.1. The maximum absolute atomic E-state index is 9.40. The van der Waals surface area contributed by atoms with Crippen molar-refractivity contribution in [2.75, 3.05) is 6.61 Å². The summed E-state index contributed by atoms with van der Waals surface area (Å²) >= 11 is 0. The van der Waals surface area contributed by atoms with Gasteiger partial charge in [-0.05, 0) is 37.1 Å². The minimum absolute atomic E-state index is 0.308. The van der Waals surface area contributed by atoms with Crippen molar-refractivity contribution in [1.29, 1.82) is 0 Å². The number of rotatable bonds is 18. The van der Waals surface area contributed by atoms with Crippen LogP contribution in [0.25, 0.3) is 0 Å². The van der Waals surface area contributed by atoms with Crippen molar-refractivity contribution in [1.82, 2.24) is 0 Å². The van der Waals surface area contributed by atoms with Crippen LogP contribution in [0.1, 0.15) is 115 Å². The highest BCUT2D eigenvalue weighted by molar-refractivity contribution is 5.38. The quantitative estimate of drug-likeness (QED) is 0.261. The van der Waals surface area contributed by atoms with Crippen LogP contribution in [-0.2, 0) is 0 Å². The normalized spacial score (nSPS) is 11.0. The fraction of sp³-hybridized carbons (Fsp3) is 0.760. The molecule has 0 radical (unpaired) electrons. The van der Waals surface area contributed by atoms with Crippen LogP contribution in [0.15, 0.2) is 18.2 Å². The molecule has 0 saturated heterocycles. The molecule has 0 amide bonds. The maximum Gasteiger partial charge on any atom is 0.122 e. The second-order valence-electron chi connectivity index (χ2n) is 8.10. The lowest BCUT2D eigenvalue weighted by Crippen LogP contribution is -1.98. The molecule has 1 aromatic rings. The van der Waals surface area contributed by atoms with Crippen LogP contribution in [-0.4, -0.2) is 11.7 Å². The van der Waals surface area contributed by atoms with Crippen LogP contribution in [0.4, 0.5) is 0 Å². The van der Waals surface area contributed by atoms with Crippen molar-refractivity contribution in [2.45, 2.75) is 117 Å². The first-order valence-electron chi connectivity index (χ1n) is 11.7. The molecule has 1 rings (SSSR count). The van der Waals surface area contributed by atoms with Gasteiger partial charge in [-0.25, -0.2) is 0 Å². The Kier molecular flexibility index (Phi) is 15.0. The van der Waals surface area contributed by atoms with E-state index in [1.54, 1.807) is 12.1 Å². The first-order valence-corrected chi connectivity index (χ1v) is 11.7. The molecular formula is C25H44O2. The standard InChI is InChI=1S/C25H44O2/c1-3-4-5-6-7-8-9-10-11-12-13-14-15-16-17-18-21-27-25-20-19-24(26)22-23(25)2/h19-20,22,26H,3-18,21H2,1-2H3. The average molecular weight is 377 g/mol. The molecule has 0 saturated carbocycles. The van der Waals surface area contributed by atoms with Crippen molar-refractivity contribution in [2.24, 2.45) is 0 Å². The zero-order valence-electron chi connectivity index (χ0n) is 18.1. The van der Waals surface area contributed by atoms with Crippen molar-refractivity contribution >= 4 is 0 Å². The first-order chi connectivity index (χ1) is 13.2. The van der Waals surface area contributed by atoms with Gasteiger partial charge in [-0.3, -0.25) is 0 Å². The SMILES string of the molecule is CCCCCCCCCCCCCCCCCCOc1ccc(O)cc1C.